The first-order chi connectivity index (χ1) is 7.70. The molecule has 0 aromatic carbocycles. The predicted molar refractivity (Wildman–Crippen MR) is 63.9 cm³/mol. The Bertz CT molecular complexity index is 250. The maximum Gasteiger partial charge on any atom is 0.232 e. The van der Waals surface area contributed by atoms with Crippen LogP contribution in [0.2, 0.25) is 0 Å². The summed E-state index contributed by atoms with van der Waals surface area (Å²) >= 11 is 0. The summed E-state index contributed by atoms with van der Waals surface area (Å²) in [6.45, 7) is 4.59. The second-order valence-corrected chi connectivity index (χ2v) is 4.58. The number of carbonyl (C=O) groups is 2. The lowest BCUT2D eigenvalue weighted by molar-refractivity contribution is -0.139. The van der Waals surface area contributed by atoms with E-state index in [1.165, 1.54) is 30.6 Å². The minimum Gasteiger partial charge on any atom is -0.283 e. The van der Waals surface area contributed by atoms with Crippen LogP contribution in [0.1, 0.15) is 58.8 Å². The van der Waals surface area contributed by atoms with Gasteiger partial charge in [-0.3, -0.25) is 14.5 Å². The molecule has 2 amide bonds. The van der Waals surface area contributed by atoms with Crippen LogP contribution in [0, 0.1) is 5.92 Å². The maximum absolute atomic E-state index is 11.8. The van der Waals surface area contributed by atoms with E-state index in [1.54, 1.807) is 0 Å². The SMILES string of the molecule is CCCCCCCC1CC(=O)N(CC)C1=O. The third-order valence-electron chi connectivity index (χ3n) is 3.31. The molecule has 1 heterocycles. The number of rotatable bonds is 7. The molecule has 0 aromatic heterocycles. The van der Waals surface area contributed by atoms with Crippen molar-refractivity contribution in [3.8, 4) is 0 Å². The third-order valence-corrected chi connectivity index (χ3v) is 3.31. The molecular weight excluding hydrogens is 202 g/mol. The van der Waals surface area contributed by atoms with E-state index in [-0.39, 0.29) is 17.7 Å². The van der Waals surface area contributed by atoms with E-state index in [9.17, 15) is 9.59 Å². The number of likely N-dealkylation sites (tertiary alicyclic amines) is 1. The summed E-state index contributed by atoms with van der Waals surface area (Å²) in [6.07, 6.45) is 7.39. The van der Waals surface area contributed by atoms with Crippen LogP contribution in [0.5, 0.6) is 0 Å². The number of unbranched alkanes of at least 4 members (excludes halogenated alkanes) is 4. The van der Waals surface area contributed by atoms with Gasteiger partial charge >= 0.3 is 0 Å². The van der Waals surface area contributed by atoms with E-state index in [1.807, 2.05) is 6.92 Å². The number of imide groups is 1. The van der Waals surface area contributed by atoms with Crippen LogP contribution in [-0.2, 0) is 9.59 Å². The Morgan fingerprint density at radius 2 is 1.81 bits per heavy atom. The minimum absolute atomic E-state index is 0.0194. The summed E-state index contributed by atoms with van der Waals surface area (Å²) in [7, 11) is 0. The first-order valence-corrected chi connectivity index (χ1v) is 6.54. The van der Waals surface area contributed by atoms with Gasteiger partial charge in [-0.1, -0.05) is 39.0 Å². The molecular formula is C13H23NO2. The quantitative estimate of drug-likeness (QED) is 0.493. The topological polar surface area (TPSA) is 37.4 Å². The van der Waals surface area contributed by atoms with Crippen molar-refractivity contribution >= 4 is 11.8 Å². The average Bonchev–Trinajstić information content (AvgIpc) is 2.53. The number of amides is 2. The summed E-state index contributed by atoms with van der Waals surface area (Å²) in [4.78, 5) is 24.6. The van der Waals surface area contributed by atoms with E-state index in [0.29, 0.717) is 13.0 Å². The highest BCUT2D eigenvalue weighted by Crippen LogP contribution is 2.24. The fourth-order valence-electron chi connectivity index (χ4n) is 2.30. The van der Waals surface area contributed by atoms with Gasteiger partial charge in [0.15, 0.2) is 0 Å². The predicted octanol–water partition coefficient (Wildman–Crippen LogP) is 2.74. The smallest absolute Gasteiger partial charge is 0.232 e. The van der Waals surface area contributed by atoms with E-state index < -0.39 is 0 Å². The Morgan fingerprint density at radius 1 is 1.12 bits per heavy atom. The lowest BCUT2D eigenvalue weighted by Crippen LogP contribution is -2.30. The Balaban J connectivity index is 2.23. The zero-order valence-corrected chi connectivity index (χ0v) is 10.5. The summed E-state index contributed by atoms with van der Waals surface area (Å²) in [5.74, 6) is 0.0585. The van der Waals surface area contributed by atoms with E-state index in [0.717, 1.165) is 12.8 Å². The van der Waals surface area contributed by atoms with Crippen molar-refractivity contribution in [1.29, 1.82) is 0 Å². The van der Waals surface area contributed by atoms with E-state index >= 15 is 0 Å². The Kier molecular flexibility index (Phi) is 5.50. The molecule has 0 N–H and O–H groups in total. The maximum atomic E-state index is 11.8. The van der Waals surface area contributed by atoms with Crippen LogP contribution in [0.15, 0.2) is 0 Å². The zero-order valence-electron chi connectivity index (χ0n) is 10.5. The van der Waals surface area contributed by atoms with E-state index in [4.69, 9.17) is 0 Å². The van der Waals surface area contributed by atoms with Crippen LogP contribution in [0.3, 0.4) is 0 Å². The van der Waals surface area contributed by atoms with Crippen molar-refractivity contribution in [2.75, 3.05) is 6.54 Å². The van der Waals surface area contributed by atoms with Crippen molar-refractivity contribution in [3.05, 3.63) is 0 Å². The summed E-state index contributed by atoms with van der Waals surface area (Å²) in [6, 6.07) is 0. The molecule has 1 unspecified atom stereocenters. The highest BCUT2D eigenvalue weighted by molar-refractivity contribution is 6.03. The van der Waals surface area contributed by atoms with Crippen LogP contribution in [-0.4, -0.2) is 23.3 Å². The van der Waals surface area contributed by atoms with Crippen molar-refractivity contribution in [2.45, 2.75) is 58.8 Å². The first kappa shape index (κ1) is 13.2. The Labute approximate surface area is 98.2 Å². The van der Waals surface area contributed by atoms with Gasteiger partial charge in [0.1, 0.15) is 0 Å². The van der Waals surface area contributed by atoms with Gasteiger partial charge < -0.3 is 0 Å². The molecule has 0 aliphatic carbocycles. The summed E-state index contributed by atoms with van der Waals surface area (Å²) in [5, 5.41) is 0. The molecule has 0 spiro atoms. The molecule has 0 radical (unpaired) electrons. The summed E-state index contributed by atoms with van der Waals surface area (Å²) in [5.41, 5.74) is 0. The number of hydrogen-bond donors (Lipinski definition) is 0. The van der Waals surface area contributed by atoms with Gasteiger partial charge in [-0.05, 0) is 13.3 Å². The molecule has 3 heteroatoms. The minimum atomic E-state index is -0.0194. The second-order valence-electron chi connectivity index (χ2n) is 4.58. The molecule has 1 saturated heterocycles. The summed E-state index contributed by atoms with van der Waals surface area (Å²) < 4.78 is 0. The molecule has 92 valence electrons. The van der Waals surface area contributed by atoms with Gasteiger partial charge in [-0.25, -0.2) is 0 Å². The van der Waals surface area contributed by atoms with Crippen LogP contribution >= 0.6 is 0 Å². The fourth-order valence-corrected chi connectivity index (χ4v) is 2.30. The first-order valence-electron chi connectivity index (χ1n) is 6.54. The molecule has 1 fully saturated rings. The van der Waals surface area contributed by atoms with Gasteiger partial charge in [0, 0.05) is 18.9 Å². The highest BCUT2D eigenvalue weighted by atomic mass is 16.2. The van der Waals surface area contributed by atoms with Gasteiger partial charge in [0.05, 0.1) is 0 Å². The molecule has 0 aromatic rings. The number of nitrogens with zero attached hydrogens (tertiary/aromatic N) is 1. The lowest BCUT2D eigenvalue weighted by atomic mass is 9.99. The van der Waals surface area contributed by atoms with Crippen LogP contribution in [0.4, 0.5) is 0 Å². The second kappa shape index (κ2) is 6.66. The average molecular weight is 225 g/mol. The van der Waals surface area contributed by atoms with Crippen molar-refractivity contribution in [1.82, 2.24) is 4.90 Å². The monoisotopic (exact) mass is 225 g/mol. The molecule has 3 nitrogen and oxygen atoms in total. The molecule has 1 rings (SSSR count). The fraction of sp³-hybridized carbons (Fsp3) is 0.846. The Hall–Kier alpha value is -0.860. The molecule has 16 heavy (non-hydrogen) atoms. The molecule has 0 bridgehead atoms. The van der Waals surface area contributed by atoms with E-state index in [2.05, 4.69) is 6.92 Å². The molecule has 1 aliphatic rings. The zero-order chi connectivity index (χ0) is 12.0. The Morgan fingerprint density at radius 3 is 2.38 bits per heavy atom. The largest absolute Gasteiger partial charge is 0.283 e. The normalized spacial score (nSPS) is 20.9. The molecule has 1 atom stereocenters. The van der Waals surface area contributed by atoms with Crippen molar-refractivity contribution in [2.24, 2.45) is 5.92 Å². The third kappa shape index (κ3) is 3.32. The van der Waals surface area contributed by atoms with Crippen molar-refractivity contribution < 1.29 is 9.59 Å². The number of carbonyl (C=O) groups excluding carboxylic acids is 2. The standard InChI is InChI=1S/C13H23NO2/c1-3-5-6-7-8-9-11-10-12(15)14(4-2)13(11)16/h11H,3-10H2,1-2H3. The molecule has 0 saturated carbocycles. The van der Waals surface area contributed by atoms with Gasteiger partial charge in [0.25, 0.3) is 0 Å². The van der Waals surface area contributed by atoms with Crippen LogP contribution < -0.4 is 0 Å². The van der Waals surface area contributed by atoms with Crippen LogP contribution in [0.25, 0.3) is 0 Å². The van der Waals surface area contributed by atoms with Crippen molar-refractivity contribution in [3.63, 3.8) is 0 Å². The van der Waals surface area contributed by atoms with Gasteiger partial charge in [-0.2, -0.15) is 0 Å². The van der Waals surface area contributed by atoms with Gasteiger partial charge in [0.2, 0.25) is 11.8 Å². The van der Waals surface area contributed by atoms with Gasteiger partial charge in [-0.15, -0.1) is 0 Å². The highest BCUT2D eigenvalue weighted by Gasteiger charge is 2.36. The lowest BCUT2D eigenvalue weighted by Gasteiger charge is -2.11. The molecule has 1 aliphatic heterocycles. The number of hydrogen-bond acceptors (Lipinski definition) is 2.